The van der Waals surface area contributed by atoms with E-state index in [4.69, 9.17) is 5.11 Å². The van der Waals surface area contributed by atoms with Gasteiger partial charge in [0.15, 0.2) is 0 Å². The highest BCUT2D eigenvalue weighted by Crippen LogP contribution is 2.13. The molecular formula is C22H42O2. The Balaban J connectivity index is 0. The van der Waals surface area contributed by atoms with Crippen LogP contribution in [0.2, 0.25) is 0 Å². The number of hydrogen-bond donors (Lipinski definition) is 1. The van der Waals surface area contributed by atoms with E-state index in [1.165, 1.54) is 83.1 Å². The van der Waals surface area contributed by atoms with Gasteiger partial charge in [-0.15, -0.1) is 0 Å². The number of allylic oxidation sites excluding steroid dienone is 3. The Kier molecular flexibility index (Phi) is 23.0. The van der Waals surface area contributed by atoms with Gasteiger partial charge >= 0.3 is 5.97 Å². The predicted octanol–water partition coefficient (Wildman–Crippen LogP) is 7.55. The van der Waals surface area contributed by atoms with Crippen LogP contribution >= 0.6 is 0 Å². The maximum absolute atomic E-state index is 9.75. The first-order valence-corrected chi connectivity index (χ1v) is 10.1. The molecule has 142 valence electrons. The van der Waals surface area contributed by atoms with Crippen molar-refractivity contribution in [2.75, 3.05) is 0 Å². The molecule has 0 fully saturated rings. The minimum Gasteiger partial charge on any atom is -0.478 e. The number of carboxylic acid groups (broad SMARTS) is 1. The number of unbranched alkanes of at least 4 members (excludes halogenated alkanes) is 10. The van der Waals surface area contributed by atoms with E-state index in [-0.39, 0.29) is 0 Å². The molecule has 0 saturated heterocycles. The van der Waals surface area contributed by atoms with Gasteiger partial charge in [-0.25, -0.2) is 4.79 Å². The lowest BCUT2D eigenvalue weighted by atomic mass is 10.0. The summed E-state index contributed by atoms with van der Waals surface area (Å²) < 4.78 is 0. The third-order valence-electron chi connectivity index (χ3n) is 3.93. The zero-order valence-electron chi connectivity index (χ0n) is 16.7. The van der Waals surface area contributed by atoms with Crippen molar-refractivity contribution in [1.82, 2.24) is 0 Å². The zero-order valence-corrected chi connectivity index (χ0v) is 16.7. The van der Waals surface area contributed by atoms with Crippen molar-refractivity contribution in [1.29, 1.82) is 0 Å². The molecule has 2 nitrogen and oxygen atoms in total. The second-order valence-electron chi connectivity index (χ2n) is 6.94. The third-order valence-corrected chi connectivity index (χ3v) is 3.93. The van der Waals surface area contributed by atoms with Gasteiger partial charge in [0, 0.05) is 6.08 Å². The predicted molar refractivity (Wildman–Crippen MR) is 108 cm³/mol. The van der Waals surface area contributed by atoms with Crippen molar-refractivity contribution in [2.45, 2.75) is 105 Å². The van der Waals surface area contributed by atoms with Crippen LogP contribution in [0.5, 0.6) is 0 Å². The molecule has 0 saturated carbocycles. The van der Waals surface area contributed by atoms with Gasteiger partial charge in [-0.05, 0) is 12.8 Å². The minimum absolute atomic E-state index is 0.901. The average molecular weight is 339 g/mol. The molecule has 0 rings (SSSR count). The first-order chi connectivity index (χ1) is 11.5. The summed E-state index contributed by atoms with van der Waals surface area (Å²) in [7, 11) is 0. The molecule has 0 bridgehead atoms. The molecule has 0 amide bonds. The van der Waals surface area contributed by atoms with Crippen molar-refractivity contribution in [2.24, 2.45) is 5.92 Å². The summed E-state index contributed by atoms with van der Waals surface area (Å²) in [6.07, 6.45) is 23.5. The van der Waals surface area contributed by atoms with E-state index >= 15 is 0 Å². The second-order valence-corrected chi connectivity index (χ2v) is 6.94. The lowest BCUT2D eigenvalue weighted by Gasteiger charge is -2.04. The Bertz CT molecular complexity index is 303. The fraction of sp³-hybridized carbons (Fsp3) is 0.773. The van der Waals surface area contributed by atoms with Gasteiger partial charge in [0.25, 0.3) is 0 Å². The van der Waals surface area contributed by atoms with E-state index in [1.807, 2.05) is 6.92 Å². The fourth-order valence-corrected chi connectivity index (χ4v) is 2.47. The van der Waals surface area contributed by atoms with Gasteiger partial charge in [0.2, 0.25) is 0 Å². The first-order valence-electron chi connectivity index (χ1n) is 10.1. The Labute approximate surface area is 151 Å². The van der Waals surface area contributed by atoms with Crippen LogP contribution in [0.3, 0.4) is 0 Å². The fourth-order valence-electron chi connectivity index (χ4n) is 2.47. The minimum atomic E-state index is -0.914. The largest absolute Gasteiger partial charge is 0.478 e. The Morgan fingerprint density at radius 2 is 1.29 bits per heavy atom. The van der Waals surface area contributed by atoms with Crippen molar-refractivity contribution in [3.05, 3.63) is 24.3 Å². The highest BCUT2D eigenvalue weighted by Gasteiger charge is 1.95. The Morgan fingerprint density at radius 3 is 1.67 bits per heavy atom. The van der Waals surface area contributed by atoms with E-state index in [0.29, 0.717) is 0 Å². The number of rotatable bonds is 14. The van der Waals surface area contributed by atoms with Gasteiger partial charge in [-0.2, -0.15) is 0 Å². The maximum atomic E-state index is 9.75. The summed E-state index contributed by atoms with van der Waals surface area (Å²) in [6.45, 7) is 8.77. The molecule has 2 heteroatoms. The molecule has 0 aromatic carbocycles. The molecule has 0 aliphatic rings. The normalized spacial score (nSPS) is 11.2. The molecule has 0 spiro atoms. The summed E-state index contributed by atoms with van der Waals surface area (Å²) in [5, 5.41) is 8.02. The molecule has 0 aliphatic heterocycles. The molecule has 0 aromatic rings. The summed E-state index contributed by atoms with van der Waals surface area (Å²) in [5.41, 5.74) is 0. The molecule has 0 aromatic heterocycles. The lowest BCUT2D eigenvalue weighted by molar-refractivity contribution is -0.131. The second kappa shape index (κ2) is 21.9. The van der Waals surface area contributed by atoms with E-state index < -0.39 is 5.97 Å². The number of carbonyl (C=O) groups is 1. The first kappa shape index (κ1) is 25.2. The molecule has 0 radical (unpaired) electrons. The molecule has 0 atom stereocenters. The van der Waals surface area contributed by atoms with Crippen LogP contribution in [-0.2, 0) is 4.79 Å². The molecule has 0 unspecified atom stereocenters. The molecular weight excluding hydrogens is 296 g/mol. The van der Waals surface area contributed by atoms with E-state index in [1.54, 1.807) is 12.2 Å². The van der Waals surface area contributed by atoms with Gasteiger partial charge in [0.05, 0.1) is 0 Å². The summed E-state index contributed by atoms with van der Waals surface area (Å²) in [6, 6.07) is 0. The number of hydrogen-bond acceptors (Lipinski definition) is 1. The van der Waals surface area contributed by atoms with Crippen LogP contribution in [0.25, 0.3) is 0 Å². The summed E-state index contributed by atoms with van der Waals surface area (Å²) in [4.78, 5) is 9.75. The molecule has 1 N–H and O–H groups in total. The van der Waals surface area contributed by atoms with Gasteiger partial charge in [-0.3, -0.25) is 0 Å². The van der Waals surface area contributed by atoms with Crippen LogP contribution in [-0.4, -0.2) is 11.1 Å². The highest BCUT2D eigenvalue weighted by atomic mass is 16.4. The SMILES string of the molecule is CC=CC=CC(=O)O.CCCCCCCCCCCCCC(C)C. The smallest absolute Gasteiger partial charge is 0.328 e. The lowest BCUT2D eigenvalue weighted by Crippen LogP contribution is -1.87. The Hall–Kier alpha value is -1.05. The standard InChI is InChI=1S/C16H34.C6H8O2/c1-4-5-6-7-8-9-10-11-12-13-14-15-16(2)3;1-2-3-4-5-6(7)8/h16H,4-15H2,1-3H3;2-5H,1H3,(H,7,8). The maximum Gasteiger partial charge on any atom is 0.328 e. The van der Waals surface area contributed by atoms with Gasteiger partial charge in [-0.1, -0.05) is 116 Å². The topological polar surface area (TPSA) is 37.3 Å². The number of carboxylic acids is 1. The van der Waals surface area contributed by atoms with Crippen LogP contribution in [0, 0.1) is 5.92 Å². The van der Waals surface area contributed by atoms with Crippen molar-refractivity contribution < 1.29 is 9.90 Å². The zero-order chi connectivity index (χ0) is 18.5. The quantitative estimate of drug-likeness (QED) is 0.202. The summed E-state index contributed by atoms with van der Waals surface area (Å²) >= 11 is 0. The average Bonchev–Trinajstić information content (AvgIpc) is 2.53. The van der Waals surface area contributed by atoms with Crippen LogP contribution in [0.4, 0.5) is 0 Å². The van der Waals surface area contributed by atoms with Crippen molar-refractivity contribution in [3.8, 4) is 0 Å². The van der Waals surface area contributed by atoms with Crippen LogP contribution in [0.15, 0.2) is 24.3 Å². The molecule has 0 aliphatic carbocycles. The van der Waals surface area contributed by atoms with Crippen LogP contribution < -0.4 is 0 Å². The van der Waals surface area contributed by atoms with Crippen molar-refractivity contribution >= 4 is 5.97 Å². The van der Waals surface area contributed by atoms with E-state index in [0.717, 1.165) is 12.0 Å². The monoisotopic (exact) mass is 338 g/mol. The van der Waals surface area contributed by atoms with Crippen LogP contribution in [0.1, 0.15) is 105 Å². The van der Waals surface area contributed by atoms with Crippen molar-refractivity contribution in [3.63, 3.8) is 0 Å². The van der Waals surface area contributed by atoms with Gasteiger partial charge in [0.1, 0.15) is 0 Å². The highest BCUT2D eigenvalue weighted by molar-refractivity contribution is 5.80. The Morgan fingerprint density at radius 1 is 0.833 bits per heavy atom. The van der Waals surface area contributed by atoms with Gasteiger partial charge < -0.3 is 5.11 Å². The molecule has 0 heterocycles. The number of aliphatic carboxylic acids is 1. The van der Waals surface area contributed by atoms with E-state index in [2.05, 4.69) is 20.8 Å². The summed E-state index contributed by atoms with van der Waals surface area (Å²) in [5.74, 6) is -0.0123. The van der Waals surface area contributed by atoms with E-state index in [9.17, 15) is 4.79 Å². The third kappa shape index (κ3) is 29.0. The molecule has 24 heavy (non-hydrogen) atoms.